The molecule has 2 aromatic rings. The van der Waals surface area contributed by atoms with E-state index in [9.17, 15) is 4.79 Å². The first kappa shape index (κ1) is 11.8. The largest absolute Gasteiger partial charge is 0.495 e. The van der Waals surface area contributed by atoms with Gasteiger partial charge in [-0.15, -0.1) is 5.10 Å². The number of anilines is 2. The minimum atomic E-state index is -1.07. The summed E-state index contributed by atoms with van der Waals surface area (Å²) in [5, 5.41) is 19.4. The maximum atomic E-state index is 11.0. The van der Waals surface area contributed by atoms with E-state index < -0.39 is 5.97 Å². The van der Waals surface area contributed by atoms with Crippen molar-refractivity contribution in [3.63, 3.8) is 0 Å². The SMILES string of the molecule is COc1ccccc1Nc1nnccc1C(=O)O. The highest BCUT2D eigenvalue weighted by atomic mass is 16.5. The molecule has 0 atom stereocenters. The summed E-state index contributed by atoms with van der Waals surface area (Å²) in [6, 6.07) is 8.53. The van der Waals surface area contributed by atoms with Crippen molar-refractivity contribution in [3.8, 4) is 5.75 Å². The van der Waals surface area contributed by atoms with Crippen molar-refractivity contribution in [2.45, 2.75) is 0 Å². The quantitative estimate of drug-likeness (QED) is 0.856. The van der Waals surface area contributed by atoms with Crippen molar-refractivity contribution in [2.24, 2.45) is 0 Å². The van der Waals surface area contributed by atoms with Crippen LogP contribution in [0.15, 0.2) is 36.5 Å². The van der Waals surface area contributed by atoms with E-state index in [0.717, 1.165) is 0 Å². The summed E-state index contributed by atoms with van der Waals surface area (Å²) in [7, 11) is 1.54. The molecular weight excluding hydrogens is 234 g/mol. The number of carbonyl (C=O) groups is 1. The molecule has 0 aliphatic rings. The molecule has 0 bridgehead atoms. The minimum Gasteiger partial charge on any atom is -0.495 e. The van der Waals surface area contributed by atoms with Crippen LogP contribution >= 0.6 is 0 Å². The molecule has 0 unspecified atom stereocenters. The second-order valence-electron chi connectivity index (χ2n) is 3.42. The molecule has 1 heterocycles. The second-order valence-corrected chi connectivity index (χ2v) is 3.42. The number of methoxy groups -OCH3 is 1. The molecule has 1 aromatic heterocycles. The van der Waals surface area contributed by atoms with Crippen molar-refractivity contribution in [1.82, 2.24) is 10.2 Å². The van der Waals surface area contributed by atoms with Gasteiger partial charge in [-0.05, 0) is 18.2 Å². The molecule has 0 saturated heterocycles. The molecule has 0 amide bonds. The van der Waals surface area contributed by atoms with E-state index in [4.69, 9.17) is 9.84 Å². The number of nitrogens with zero attached hydrogens (tertiary/aromatic N) is 2. The molecule has 6 heteroatoms. The second kappa shape index (κ2) is 5.13. The number of para-hydroxylation sites is 2. The monoisotopic (exact) mass is 245 g/mol. The average Bonchev–Trinajstić information content (AvgIpc) is 2.40. The summed E-state index contributed by atoms with van der Waals surface area (Å²) in [4.78, 5) is 11.0. The van der Waals surface area contributed by atoms with Crippen molar-refractivity contribution in [1.29, 1.82) is 0 Å². The van der Waals surface area contributed by atoms with Crippen LogP contribution in [0.5, 0.6) is 5.75 Å². The molecule has 2 rings (SSSR count). The number of aromatic carboxylic acids is 1. The van der Waals surface area contributed by atoms with E-state index in [1.807, 2.05) is 12.1 Å². The van der Waals surface area contributed by atoms with Gasteiger partial charge in [0.2, 0.25) is 0 Å². The molecule has 0 aliphatic carbocycles. The third-order valence-corrected chi connectivity index (χ3v) is 2.31. The first-order valence-corrected chi connectivity index (χ1v) is 5.17. The first-order chi connectivity index (χ1) is 8.72. The van der Waals surface area contributed by atoms with Gasteiger partial charge in [-0.3, -0.25) is 0 Å². The van der Waals surface area contributed by atoms with Crippen LogP contribution in [-0.2, 0) is 0 Å². The Bertz CT molecular complexity index is 572. The highest BCUT2D eigenvalue weighted by molar-refractivity contribution is 5.93. The maximum Gasteiger partial charge on any atom is 0.339 e. The van der Waals surface area contributed by atoms with Crippen LogP contribution in [0.2, 0.25) is 0 Å². The molecule has 18 heavy (non-hydrogen) atoms. The van der Waals surface area contributed by atoms with Gasteiger partial charge in [0.1, 0.15) is 11.3 Å². The highest BCUT2D eigenvalue weighted by Gasteiger charge is 2.12. The van der Waals surface area contributed by atoms with E-state index >= 15 is 0 Å². The fourth-order valence-electron chi connectivity index (χ4n) is 1.47. The van der Waals surface area contributed by atoms with Crippen molar-refractivity contribution in [2.75, 3.05) is 12.4 Å². The lowest BCUT2D eigenvalue weighted by atomic mass is 10.2. The van der Waals surface area contributed by atoms with Gasteiger partial charge in [-0.25, -0.2) is 4.79 Å². The zero-order chi connectivity index (χ0) is 13.0. The minimum absolute atomic E-state index is 0.0518. The number of carboxylic acids is 1. The highest BCUT2D eigenvalue weighted by Crippen LogP contribution is 2.27. The van der Waals surface area contributed by atoms with E-state index in [1.54, 1.807) is 12.1 Å². The predicted molar refractivity (Wildman–Crippen MR) is 65.3 cm³/mol. The summed E-state index contributed by atoms with van der Waals surface area (Å²) >= 11 is 0. The van der Waals surface area contributed by atoms with Gasteiger partial charge in [0.05, 0.1) is 19.0 Å². The molecule has 1 aromatic carbocycles. The third kappa shape index (κ3) is 2.37. The standard InChI is InChI=1S/C12H11N3O3/c1-18-10-5-3-2-4-9(10)14-11-8(12(16)17)6-7-13-15-11/h2-7H,1H3,(H,14,15)(H,16,17). The van der Waals surface area contributed by atoms with Gasteiger partial charge in [0.15, 0.2) is 5.82 Å². The van der Waals surface area contributed by atoms with Crippen LogP contribution in [-0.4, -0.2) is 28.4 Å². The Labute approximate surface area is 103 Å². The van der Waals surface area contributed by atoms with Crippen LogP contribution in [0.4, 0.5) is 11.5 Å². The Kier molecular flexibility index (Phi) is 3.38. The lowest BCUT2D eigenvalue weighted by Gasteiger charge is -2.10. The predicted octanol–water partition coefficient (Wildman–Crippen LogP) is 1.93. The van der Waals surface area contributed by atoms with Gasteiger partial charge in [0, 0.05) is 0 Å². The molecular formula is C12H11N3O3. The number of benzene rings is 1. The third-order valence-electron chi connectivity index (χ3n) is 2.31. The number of carboxylic acid groups (broad SMARTS) is 1. The lowest BCUT2D eigenvalue weighted by Crippen LogP contribution is -2.06. The fraction of sp³-hybridized carbons (Fsp3) is 0.0833. The van der Waals surface area contributed by atoms with Gasteiger partial charge in [0.25, 0.3) is 0 Å². The summed E-state index contributed by atoms with van der Waals surface area (Å²) < 4.78 is 5.16. The van der Waals surface area contributed by atoms with E-state index in [1.165, 1.54) is 19.4 Å². The Balaban J connectivity index is 2.37. The molecule has 92 valence electrons. The molecule has 2 N–H and O–H groups in total. The Morgan fingerprint density at radius 3 is 2.83 bits per heavy atom. The smallest absolute Gasteiger partial charge is 0.339 e. The van der Waals surface area contributed by atoms with Crippen LogP contribution < -0.4 is 10.1 Å². The summed E-state index contributed by atoms with van der Waals surface area (Å²) in [6.07, 6.45) is 1.33. The Hall–Kier alpha value is -2.63. The lowest BCUT2D eigenvalue weighted by molar-refractivity contribution is 0.0697. The summed E-state index contributed by atoms with van der Waals surface area (Å²) in [5.74, 6) is -0.295. The van der Waals surface area contributed by atoms with Crippen LogP contribution in [0.1, 0.15) is 10.4 Å². The van der Waals surface area contributed by atoms with E-state index in [2.05, 4.69) is 15.5 Å². The molecule has 0 radical (unpaired) electrons. The van der Waals surface area contributed by atoms with Crippen molar-refractivity contribution in [3.05, 3.63) is 42.1 Å². The number of rotatable bonds is 4. The van der Waals surface area contributed by atoms with Gasteiger partial charge in [-0.1, -0.05) is 12.1 Å². The Morgan fingerprint density at radius 1 is 1.33 bits per heavy atom. The number of hydrogen-bond acceptors (Lipinski definition) is 5. The van der Waals surface area contributed by atoms with Gasteiger partial charge in [-0.2, -0.15) is 5.10 Å². The molecule has 0 saturated carbocycles. The van der Waals surface area contributed by atoms with Crippen LogP contribution in [0.3, 0.4) is 0 Å². The number of ether oxygens (including phenoxy) is 1. The molecule has 6 nitrogen and oxygen atoms in total. The van der Waals surface area contributed by atoms with Crippen LogP contribution in [0, 0.1) is 0 Å². The van der Waals surface area contributed by atoms with E-state index in [0.29, 0.717) is 11.4 Å². The van der Waals surface area contributed by atoms with Crippen molar-refractivity contribution >= 4 is 17.5 Å². The number of nitrogens with one attached hydrogen (secondary N) is 1. The zero-order valence-corrected chi connectivity index (χ0v) is 9.62. The van der Waals surface area contributed by atoms with Crippen LogP contribution in [0.25, 0.3) is 0 Å². The number of aromatic nitrogens is 2. The van der Waals surface area contributed by atoms with Gasteiger partial charge < -0.3 is 15.2 Å². The first-order valence-electron chi connectivity index (χ1n) is 5.17. The topological polar surface area (TPSA) is 84.3 Å². The normalized spacial score (nSPS) is 9.83. The summed E-state index contributed by atoms with van der Waals surface area (Å²) in [5.41, 5.74) is 0.680. The summed E-state index contributed by atoms with van der Waals surface area (Å²) in [6.45, 7) is 0. The Morgan fingerprint density at radius 2 is 2.11 bits per heavy atom. The van der Waals surface area contributed by atoms with Crippen molar-refractivity contribution < 1.29 is 14.6 Å². The number of hydrogen-bond donors (Lipinski definition) is 2. The zero-order valence-electron chi connectivity index (χ0n) is 9.62. The van der Waals surface area contributed by atoms with E-state index in [-0.39, 0.29) is 11.4 Å². The maximum absolute atomic E-state index is 11.0. The molecule has 0 aliphatic heterocycles. The average molecular weight is 245 g/mol. The fourth-order valence-corrected chi connectivity index (χ4v) is 1.47. The van der Waals surface area contributed by atoms with Gasteiger partial charge >= 0.3 is 5.97 Å². The molecule has 0 spiro atoms. The molecule has 0 fully saturated rings.